The van der Waals surface area contributed by atoms with E-state index in [0.717, 1.165) is 11.3 Å². The van der Waals surface area contributed by atoms with E-state index >= 15 is 0 Å². The Hall–Kier alpha value is -2.82. The van der Waals surface area contributed by atoms with Crippen molar-refractivity contribution in [3.05, 3.63) is 65.7 Å². The summed E-state index contributed by atoms with van der Waals surface area (Å²) < 4.78 is 5.72. The fourth-order valence-electron chi connectivity index (χ4n) is 2.31. The lowest BCUT2D eigenvalue weighted by molar-refractivity contribution is -0.141. The molecule has 0 aliphatic heterocycles. The van der Waals surface area contributed by atoms with E-state index in [1.165, 1.54) is 4.90 Å². The third kappa shape index (κ3) is 4.59. The summed E-state index contributed by atoms with van der Waals surface area (Å²) in [6, 6.07) is 16.6. The van der Waals surface area contributed by atoms with Crippen molar-refractivity contribution in [1.29, 1.82) is 0 Å². The molecule has 0 aromatic heterocycles. The van der Waals surface area contributed by atoms with E-state index in [-0.39, 0.29) is 19.1 Å². The predicted molar refractivity (Wildman–Crippen MR) is 91.0 cm³/mol. The van der Waals surface area contributed by atoms with Crippen molar-refractivity contribution in [2.24, 2.45) is 5.92 Å². The van der Waals surface area contributed by atoms with E-state index in [2.05, 4.69) is 0 Å². The normalized spacial score (nSPS) is 11.6. The van der Waals surface area contributed by atoms with Crippen LogP contribution in [-0.4, -0.2) is 35.5 Å². The maximum Gasteiger partial charge on any atom is 0.308 e. The zero-order chi connectivity index (χ0) is 17.5. The molecule has 0 spiro atoms. The van der Waals surface area contributed by atoms with E-state index in [0.29, 0.717) is 5.56 Å². The molecule has 0 radical (unpaired) electrons. The number of hydrogen-bond donors (Lipinski definition) is 1. The summed E-state index contributed by atoms with van der Waals surface area (Å²) in [5.74, 6) is -1.02. The van der Waals surface area contributed by atoms with Gasteiger partial charge in [0.15, 0.2) is 0 Å². The van der Waals surface area contributed by atoms with E-state index in [1.54, 1.807) is 26.1 Å². The van der Waals surface area contributed by atoms with Gasteiger partial charge < -0.3 is 14.7 Å². The van der Waals surface area contributed by atoms with Crippen LogP contribution in [0.25, 0.3) is 0 Å². The predicted octanol–water partition coefficient (Wildman–Crippen LogP) is 3.06. The first-order valence-electron chi connectivity index (χ1n) is 7.73. The highest BCUT2D eigenvalue weighted by Gasteiger charge is 2.20. The van der Waals surface area contributed by atoms with Crippen molar-refractivity contribution < 1.29 is 19.4 Å². The van der Waals surface area contributed by atoms with Crippen LogP contribution in [0.4, 0.5) is 0 Å². The van der Waals surface area contributed by atoms with Crippen molar-refractivity contribution in [3.8, 4) is 5.75 Å². The zero-order valence-electron chi connectivity index (χ0n) is 13.8. The topological polar surface area (TPSA) is 66.8 Å². The standard InChI is InChI=1S/C19H21NO4/c1-14(19(22)23)12-20(2)18(21)17-11-7-6-8-15(17)13-24-16-9-4-3-5-10-16/h3-11,14H,12-13H2,1-2H3,(H,22,23). The number of para-hydroxylation sites is 1. The number of nitrogens with zero attached hydrogens (tertiary/aromatic N) is 1. The Morgan fingerprint density at radius 1 is 1.08 bits per heavy atom. The van der Waals surface area contributed by atoms with Crippen LogP contribution < -0.4 is 4.74 Å². The molecule has 1 atom stereocenters. The summed E-state index contributed by atoms with van der Waals surface area (Å²) in [4.78, 5) is 25.0. The van der Waals surface area contributed by atoms with E-state index in [4.69, 9.17) is 9.84 Å². The second kappa shape index (κ2) is 8.15. The second-order valence-electron chi connectivity index (χ2n) is 5.68. The Kier molecular flexibility index (Phi) is 5.95. The second-order valence-corrected chi connectivity index (χ2v) is 5.68. The Morgan fingerprint density at radius 2 is 1.71 bits per heavy atom. The molecule has 1 unspecified atom stereocenters. The first-order chi connectivity index (χ1) is 11.5. The fraction of sp³-hybridized carbons (Fsp3) is 0.263. The molecule has 126 valence electrons. The molecule has 1 amide bonds. The lowest BCUT2D eigenvalue weighted by Crippen LogP contribution is -2.34. The molecule has 0 saturated carbocycles. The van der Waals surface area contributed by atoms with Crippen LogP contribution in [0.5, 0.6) is 5.75 Å². The van der Waals surface area contributed by atoms with Crippen LogP contribution in [0.15, 0.2) is 54.6 Å². The first kappa shape index (κ1) is 17.5. The summed E-state index contributed by atoms with van der Waals surface area (Å²) in [7, 11) is 1.61. The molecule has 0 bridgehead atoms. The highest BCUT2D eigenvalue weighted by molar-refractivity contribution is 5.95. The molecule has 24 heavy (non-hydrogen) atoms. The van der Waals surface area contributed by atoms with Crippen LogP contribution in [0, 0.1) is 5.92 Å². The van der Waals surface area contributed by atoms with Gasteiger partial charge in [0.05, 0.1) is 5.92 Å². The van der Waals surface area contributed by atoms with Crippen molar-refractivity contribution in [2.75, 3.05) is 13.6 Å². The number of rotatable bonds is 7. The van der Waals surface area contributed by atoms with Gasteiger partial charge >= 0.3 is 5.97 Å². The van der Waals surface area contributed by atoms with Gasteiger partial charge in [-0.1, -0.05) is 43.3 Å². The van der Waals surface area contributed by atoms with E-state index < -0.39 is 11.9 Å². The number of aliphatic carboxylic acids is 1. The maximum atomic E-state index is 12.6. The fourth-order valence-corrected chi connectivity index (χ4v) is 2.31. The largest absolute Gasteiger partial charge is 0.489 e. The molecule has 2 aromatic rings. The summed E-state index contributed by atoms with van der Waals surface area (Å²) in [5.41, 5.74) is 1.29. The molecular formula is C19H21NO4. The number of hydrogen-bond acceptors (Lipinski definition) is 3. The highest BCUT2D eigenvalue weighted by atomic mass is 16.5. The molecule has 0 fully saturated rings. The molecular weight excluding hydrogens is 306 g/mol. The van der Waals surface area contributed by atoms with Gasteiger partial charge in [-0.05, 0) is 18.2 Å². The summed E-state index contributed by atoms with van der Waals surface area (Å²) >= 11 is 0. The molecule has 0 saturated heterocycles. The number of ether oxygens (including phenoxy) is 1. The number of carboxylic acids is 1. The number of carbonyl (C=O) groups is 2. The van der Waals surface area contributed by atoms with Gasteiger partial charge in [-0.25, -0.2) is 0 Å². The van der Waals surface area contributed by atoms with E-state index in [9.17, 15) is 9.59 Å². The average Bonchev–Trinajstić information content (AvgIpc) is 2.60. The van der Waals surface area contributed by atoms with Gasteiger partial charge in [-0.15, -0.1) is 0 Å². The third-order valence-corrected chi connectivity index (χ3v) is 3.70. The highest BCUT2D eigenvalue weighted by Crippen LogP contribution is 2.16. The Morgan fingerprint density at radius 3 is 2.38 bits per heavy atom. The lowest BCUT2D eigenvalue weighted by atomic mass is 10.1. The molecule has 0 heterocycles. The molecule has 5 heteroatoms. The van der Waals surface area contributed by atoms with Crippen molar-refractivity contribution in [1.82, 2.24) is 4.90 Å². The van der Waals surface area contributed by atoms with E-state index in [1.807, 2.05) is 42.5 Å². The minimum Gasteiger partial charge on any atom is -0.489 e. The Labute approximate surface area is 141 Å². The van der Waals surface area contributed by atoms with Crippen LogP contribution >= 0.6 is 0 Å². The van der Waals surface area contributed by atoms with Crippen molar-refractivity contribution >= 4 is 11.9 Å². The maximum absolute atomic E-state index is 12.6. The summed E-state index contributed by atoms with van der Waals surface area (Å²) in [5, 5.41) is 8.99. The number of benzene rings is 2. The van der Waals surface area contributed by atoms with Crippen LogP contribution in [-0.2, 0) is 11.4 Å². The lowest BCUT2D eigenvalue weighted by Gasteiger charge is -2.21. The van der Waals surface area contributed by atoms with Crippen LogP contribution in [0.1, 0.15) is 22.8 Å². The molecule has 1 N–H and O–H groups in total. The van der Waals surface area contributed by atoms with Gasteiger partial charge in [0.1, 0.15) is 12.4 Å². The summed E-state index contributed by atoms with van der Waals surface area (Å²) in [6.45, 7) is 2.01. The minimum absolute atomic E-state index is 0.155. The van der Waals surface area contributed by atoms with Gasteiger partial charge in [-0.3, -0.25) is 9.59 Å². The van der Waals surface area contributed by atoms with Crippen LogP contribution in [0.3, 0.4) is 0 Å². The molecule has 0 aliphatic rings. The molecule has 2 rings (SSSR count). The smallest absolute Gasteiger partial charge is 0.308 e. The third-order valence-electron chi connectivity index (χ3n) is 3.70. The summed E-state index contributed by atoms with van der Waals surface area (Å²) in [6.07, 6.45) is 0. The van der Waals surface area contributed by atoms with Gasteiger partial charge in [0.2, 0.25) is 0 Å². The van der Waals surface area contributed by atoms with Gasteiger partial charge in [-0.2, -0.15) is 0 Å². The number of carboxylic acid groups (broad SMARTS) is 1. The molecule has 2 aromatic carbocycles. The average molecular weight is 327 g/mol. The Balaban J connectivity index is 2.09. The number of amides is 1. The monoisotopic (exact) mass is 327 g/mol. The van der Waals surface area contributed by atoms with Gasteiger partial charge in [0.25, 0.3) is 5.91 Å². The minimum atomic E-state index is -0.921. The van der Waals surface area contributed by atoms with Crippen molar-refractivity contribution in [3.63, 3.8) is 0 Å². The zero-order valence-corrected chi connectivity index (χ0v) is 13.8. The van der Waals surface area contributed by atoms with Crippen LogP contribution in [0.2, 0.25) is 0 Å². The quantitative estimate of drug-likeness (QED) is 0.849. The first-order valence-corrected chi connectivity index (χ1v) is 7.73. The SMILES string of the molecule is CC(CN(C)C(=O)c1ccccc1COc1ccccc1)C(=O)O. The molecule has 5 nitrogen and oxygen atoms in total. The van der Waals surface area contributed by atoms with Crippen molar-refractivity contribution in [2.45, 2.75) is 13.5 Å². The Bertz CT molecular complexity index is 700. The number of carbonyl (C=O) groups excluding carboxylic acids is 1. The van der Waals surface area contributed by atoms with Gasteiger partial charge in [0, 0.05) is 24.7 Å². The molecule has 0 aliphatic carbocycles.